The molecule has 1 aliphatic heterocycles. The van der Waals surface area contributed by atoms with Gasteiger partial charge in [0, 0.05) is 31.5 Å². The smallest absolute Gasteiger partial charge is 0.253 e. The molecule has 0 bridgehead atoms. The number of carbonyl (C=O) groups is 1. The number of benzene rings is 1. The van der Waals surface area contributed by atoms with Crippen molar-refractivity contribution in [2.45, 2.75) is 25.3 Å². The molecular weight excluding hydrogens is 286 g/mol. The molecule has 1 amide bonds. The number of pyridine rings is 1. The zero-order valence-electron chi connectivity index (χ0n) is 13.3. The number of nitrogens with zero attached hydrogens (tertiary/aromatic N) is 2. The summed E-state index contributed by atoms with van der Waals surface area (Å²) in [6, 6.07) is 14.4. The SMILES string of the molecule is O=C(N[C@H]1CCCN(CCc2ccccc2)C1)c1cccnc1. The monoisotopic (exact) mass is 309 g/mol. The second kappa shape index (κ2) is 7.88. The first-order valence-corrected chi connectivity index (χ1v) is 8.28. The third-order valence-electron chi connectivity index (χ3n) is 4.32. The molecule has 1 atom stereocenters. The standard InChI is InChI=1S/C19H23N3O/c23-19(17-8-4-11-20-14-17)21-18-9-5-12-22(15-18)13-10-16-6-2-1-3-7-16/h1-4,6-8,11,14,18H,5,9-10,12-13,15H2,(H,21,23)/t18-/m0/s1. The minimum atomic E-state index is -0.0204. The van der Waals surface area contributed by atoms with Crippen LogP contribution in [0.3, 0.4) is 0 Å². The molecule has 120 valence electrons. The minimum absolute atomic E-state index is 0.0204. The molecule has 23 heavy (non-hydrogen) atoms. The molecule has 0 spiro atoms. The van der Waals surface area contributed by atoms with Gasteiger partial charge in [-0.25, -0.2) is 0 Å². The molecule has 0 saturated carbocycles. The first-order chi connectivity index (χ1) is 11.3. The molecule has 0 radical (unpaired) electrons. The minimum Gasteiger partial charge on any atom is -0.348 e. The first kappa shape index (κ1) is 15.7. The predicted molar refractivity (Wildman–Crippen MR) is 91.3 cm³/mol. The van der Waals surface area contributed by atoms with E-state index < -0.39 is 0 Å². The molecule has 1 aliphatic rings. The highest BCUT2D eigenvalue weighted by atomic mass is 16.1. The van der Waals surface area contributed by atoms with Crippen molar-refractivity contribution in [1.82, 2.24) is 15.2 Å². The molecule has 3 rings (SSSR count). The summed E-state index contributed by atoms with van der Waals surface area (Å²) in [7, 11) is 0. The lowest BCUT2D eigenvalue weighted by atomic mass is 10.0. The van der Waals surface area contributed by atoms with Crippen molar-refractivity contribution in [2.24, 2.45) is 0 Å². The number of aromatic nitrogens is 1. The van der Waals surface area contributed by atoms with Crippen molar-refractivity contribution in [3.63, 3.8) is 0 Å². The number of carbonyl (C=O) groups excluding carboxylic acids is 1. The maximum atomic E-state index is 12.2. The number of likely N-dealkylation sites (tertiary alicyclic amines) is 1. The van der Waals surface area contributed by atoms with Crippen molar-refractivity contribution in [1.29, 1.82) is 0 Å². The van der Waals surface area contributed by atoms with Gasteiger partial charge in [0.05, 0.1) is 5.56 Å². The van der Waals surface area contributed by atoms with Crippen molar-refractivity contribution >= 4 is 5.91 Å². The Bertz CT molecular complexity index is 615. The molecule has 1 N–H and O–H groups in total. The number of piperidine rings is 1. The van der Waals surface area contributed by atoms with Crippen LogP contribution in [-0.2, 0) is 6.42 Å². The number of hydrogen-bond donors (Lipinski definition) is 1. The summed E-state index contributed by atoms with van der Waals surface area (Å²) in [5.74, 6) is -0.0204. The van der Waals surface area contributed by atoms with Crippen molar-refractivity contribution in [3.8, 4) is 0 Å². The van der Waals surface area contributed by atoms with Gasteiger partial charge in [-0.1, -0.05) is 30.3 Å². The van der Waals surface area contributed by atoms with Crippen LogP contribution in [0.4, 0.5) is 0 Å². The van der Waals surface area contributed by atoms with Gasteiger partial charge in [-0.05, 0) is 43.5 Å². The van der Waals surface area contributed by atoms with Crippen LogP contribution in [-0.4, -0.2) is 41.5 Å². The van der Waals surface area contributed by atoms with Gasteiger partial charge in [-0.2, -0.15) is 0 Å². The van der Waals surface area contributed by atoms with E-state index in [-0.39, 0.29) is 11.9 Å². The summed E-state index contributed by atoms with van der Waals surface area (Å²) < 4.78 is 0. The Morgan fingerprint density at radius 2 is 2.09 bits per heavy atom. The van der Waals surface area contributed by atoms with Crippen LogP contribution in [0.5, 0.6) is 0 Å². The Morgan fingerprint density at radius 3 is 2.87 bits per heavy atom. The largest absolute Gasteiger partial charge is 0.348 e. The molecule has 1 aromatic heterocycles. The van der Waals surface area contributed by atoms with Crippen LogP contribution in [0.15, 0.2) is 54.9 Å². The second-order valence-corrected chi connectivity index (χ2v) is 6.09. The van der Waals surface area contributed by atoms with Gasteiger partial charge >= 0.3 is 0 Å². The van der Waals surface area contributed by atoms with Crippen LogP contribution < -0.4 is 5.32 Å². The Hall–Kier alpha value is -2.20. The highest BCUT2D eigenvalue weighted by Gasteiger charge is 2.21. The molecule has 1 saturated heterocycles. The Morgan fingerprint density at radius 1 is 1.22 bits per heavy atom. The zero-order chi connectivity index (χ0) is 15.9. The van der Waals surface area contributed by atoms with E-state index in [0.29, 0.717) is 5.56 Å². The van der Waals surface area contributed by atoms with E-state index in [2.05, 4.69) is 39.5 Å². The lowest BCUT2D eigenvalue weighted by Gasteiger charge is -2.33. The highest BCUT2D eigenvalue weighted by Crippen LogP contribution is 2.12. The Labute approximate surface area is 137 Å². The van der Waals surface area contributed by atoms with Gasteiger partial charge in [-0.3, -0.25) is 9.78 Å². The molecule has 2 aromatic rings. The fourth-order valence-corrected chi connectivity index (χ4v) is 3.07. The molecule has 1 fully saturated rings. The van der Waals surface area contributed by atoms with Crippen LogP contribution in [0, 0.1) is 0 Å². The van der Waals surface area contributed by atoms with Crippen LogP contribution >= 0.6 is 0 Å². The van der Waals surface area contributed by atoms with E-state index in [1.807, 2.05) is 6.07 Å². The van der Waals surface area contributed by atoms with Gasteiger partial charge in [0.1, 0.15) is 0 Å². The third-order valence-corrected chi connectivity index (χ3v) is 4.32. The number of nitrogens with one attached hydrogen (secondary N) is 1. The van der Waals surface area contributed by atoms with Crippen LogP contribution in [0.1, 0.15) is 28.8 Å². The highest BCUT2D eigenvalue weighted by molar-refractivity contribution is 5.94. The average molecular weight is 309 g/mol. The van der Waals surface area contributed by atoms with Crippen LogP contribution in [0.25, 0.3) is 0 Å². The van der Waals surface area contributed by atoms with E-state index in [1.165, 1.54) is 5.56 Å². The van der Waals surface area contributed by atoms with Gasteiger partial charge in [-0.15, -0.1) is 0 Å². The number of rotatable bonds is 5. The molecule has 0 unspecified atom stereocenters. The number of amides is 1. The van der Waals surface area contributed by atoms with Crippen molar-refractivity contribution in [2.75, 3.05) is 19.6 Å². The Kier molecular flexibility index (Phi) is 5.37. The molecule has 1 aromatic carbocycles. The van der Waals surface area contributed by atoms with E-state index >= 15 is 0 Å². The molecule has 4 heteroatoms. The van der Waals surface area contributed by atoms with E-state index in [4.69, 9.17) is 0 Å². The summed E-state index contributed by atoms with van der Waals surface area (Å²) >= 11 is 0. The summed E-state index contributed by atoms with van der Waals surface area (Å²) in [5.41, 5.74) is 2.00. The predicted octanol–water partition coefficient (Wildman–Crippen LogP) is 2.52. The zero-order valence-corrected chi connectivity index (χ0v) is 13.3. The summed E-state index contributed by atoms with van der Waals surface area (Å²) in [6.45, 7) is 3.09. The van der Waals surface area contributed by atoms with E-state index in [1.54, 1.807) is 24.5 Å². The van der Waals surface area contributed by atoms with Crippen molar-refractivity contribution < 1.29 is 4.79 Å². The fourth-order valence-electron chi connectivity index (χ4n) is 3.07. The maximum Gasteiger partial charge on any atom is 0.253 e. The topological polar surface area (TPSA) is 45.2 Å². The normalized spacial score (nSPS) is 18.5. The van der Waals surface area contributed by atoms with Crippen molar-refractivity contribution in [3.05, 3.63) is 66.0 Å². The quantitative estimate of drug-likeness (QED) is 0.923. The molecule has 2 heterocycles. The lowest BCUT2D eigenvalue weighted by Crippen LogP contribution is -2.48. The van der Waals surface area contributed by atoms with Crippen LogP contribution in [0.2, 0.25) is 0 Å². The van der Waals surface area contributed by atoms with Gasteiger partial charge < -0.3 is 10.2 Å². The maximum absolute atomic E-state index is 12.2. The summed E-state index contributed by atoms with van der Waals surface area (Å²) in [6.07, 6.45) is 6.54. The number of hydrogen-bond acceptors (Lipinski definition) is 3. The lowest BCUT2D eigenvalue weighted by molar-refractivity contribution is 0.0904. The Balaban J connectivity index is 1.49. The molecular formula is C19H23N3O. The summed E-state index contributed by atoms with van der Waals surface area (Å²) in [5, 5.41) is 3.14. The first-order valence-electron chi connectivity index (χ1n) is 8.28. The second-order valence-electron chi connectivity index (χ2n) is 6.09. The molecule has 4 nitrogen and oxygen atoms in total. The summed E-state index contributed by atoms with van der Waals surface area (Å²) in [4.78, 5) is 18.7. The van der Waals surface area contributed by atoms with Gasteiger partial charge in [0.25, 0.3) is 5.91 Å². The van der Waals surface area contributed by atoms with Gasteiger partial charge in [0.2, 0.25) is 0 Å². The third kappa shape index (κ3) is 4.63. The average Bonchev–Trinajstić information content (AvgIpc) is 2.62. The van der Waals surface area contributed by atoms with E-state index in [0.717, 1.165) is 38.9 Å². The van der Waals surface area contributed by atoms with E-state index in [9.17, 15) is 4.79 Å². The molecule has 0 aliphatic carbocycles. The van der Waals surface area contributed by atoms with Gasteiger partial charge in [0.15, 0.2) is 0 Å². The fraction of sp³-hybridized carbons (Fsp3) is 0.368.